The second-order valence-corrected chi connectivity index (χ2v) is 5.70. The smallest absolute Gasteiger partial charge is 0.312 e. The Hall–Kier alpha value is -1.10. The van der Waals surface area contributed by atoms with Crippen molar-refractivity contribution < 1.29 is 9.59 Å². The SMILES string of the molecule is O=C(C(=O)N1CC2CCCC2C1)N1CCNCC1. The Kier molecular flexibility index (Phi) is 3.24. The molecule has 1 aliphatic carbocycles. The van der Waals surface area contributed by atoms with Crippen molar-refractivity contribution >= 4 is 11.8 Å². The number of hydrogen-bond acceptors (Lipinski definition) is 3. The van der Waals surface area contributed by atoms with Crippen LogP contribution < -0.4 is 5.32 Å². The van der Waals surface area contributed by atoms with Gasteiger partial charge in [-0.25, -0.2) is 0 Å². The normalized spacial score (nSPS) is 31.6. The van der Waals surface area contributed by atoms with Crippen LogP contribution in [0.5, 0.6) is 0 Å². The monoisotopic (exact) mass is 251 g/mol. The fraction of sp³-hybridized carbons (Fsp3) is 0.846. The minimum Gasteiger partial charge on any atom is -0.334 e. The van der Waals surface area contributed by atoms with Gasteiger partial charge in [-0.05, 0) is 24.7 Å². The highest BCUT2D eigenvalue weighted by Gasteiger charge is 2.40. The number of carbonyl (C=O) groups is 2. The summed E-state index contributed by atoms with van der Waals surface area (Å²) in [7, 11) is 0. The molecule has 2 saturated heterocycles. The number of rotatable bonds is 0. The van der Waals surface area contributed by atoms with E-state index in [1.54, 1.807) is 9.80 Å². The van der Waals surface area contributed by atoms with Crippen molar-refractivity contribution in [3.8, 4) is 0 Å². The van der Waals surface area contributed by atoms with Gasteiger partial charge in [0, 0.05) is 39.3 Å². The Bertz CT molecular complexity index is 340. The van der Waals surface area contributed by atoms with Crippen molar-refractivity contribution in [3.63, 3.8) is 0 Å². The number of fused-ring (bicyclic) bond motifs is 1. The van der Waals surface area contributed by atoms with Crippen molar-refractivity contribution in [1.82, 2.24) is 15.1 Å². The summed E-state index contributed by atoms with van der Waals surface area (Å²) >= 11 is 0. The van der Waals surface area contributed by atoms with E-state index in [1.807, 2.05) is 0 Å². The fourth-order valence-electron chi connectivity index (χ4n) is 3.54. The highest BCUT2D eigenvalue weighted by atomic mass is 16.2. The molecule has 3 aliphatic rings. The average Bonchev–Trinajstić information content (AvgIpc) is 2.99. The lowest BCUT2D eigenvalue weighted by Crippen LogP contribution is -2.51. The molecule has 3 fully saturated rings. The summed E-state index contributed by atoms with van der Waals surface area (Å²) in [6, 6.07) is 0. The van der Waals surface area contributed by atoms with E-state index in [-0.39, 0.29) is 11.8 Å². The number of amides is 2. The van der Waals surface area contributed by atoms with Gasteiger partial charge in [-0.2, -0.15) is 0 Å². The van der Waals surface area contributed by atoms with Crippen molar-refractivity contribution in [2.45, 2.75) is 19.3 Å². The average molecular weight is 251 g/mol. The molecular formula is C13H21N3O2. The Morgan fingerprint density at radius 2 is 1.44 bits per heavy atom. The second kappa shape index (κ2) is 4.88. The summed E-state index contributed by atoms with van der Waals surface area (Å²) in [5.41, 5.74) is 0. The van der Waals surface area contributed by atoms with Gasteiger partial charge in [0.2, 0.25) is 0 Å². The van der Waals surface area contributed by atoms with Crippen LogP contribution >= 0.6 is 0 Å². The maximum absolute atomic E-state index is 12.2. The Balaban J connectivity index is 1.59. The van der Waals surface area contributed by atoms with Crippen LogP contribution in [0.1, 0.15) is 19.3 Å². The number of carbonyl (C=O) groups excluding carboxylic acids is 2. The predicted molar refractivity (Wildman–Crippen MR) is 66.9 cm³/mol. The first-order valence-electron chi connectivity index (χ1n) is 7.04. The van der Waals surface area contributed by atoms with E-state index in [4.69, 9.17) is 0 Å². The third kappa shape index (κ3) is 2.11. The third-order valence-corrected chi connectivity index (χ3v) is 4.60. The quantitative estimate of drug-likeness (QED) is 0.600. The van der Waals surface area contributed by atoms with Crippen LogP contribution in [0.3, 0.4) is 0 Å². The van der Waals surface area contributed by atoms with E-state index < -0.39 is 0 Å². The van der Waals surface area contributed by atoms with Gasteiger partial charge >= 0.3 is 11.8 Å². The van der Waals surface area contributed by atoms with Gasteiger partial charge in [-0.15, -0.1) is 0 Å². The molecule has 2 aliphatic heterocycles. The lowest BCUT2D eigenvalue weighted by molar-refractivity contribution is -0.151. The van der Waals surface area contributed by atoms with Crippen LogP contribution in [0, 0.1) is 11.8 Å². The zero-order valence-electron chi connectivity index (χ0n) is 10.7. The van der Waals surface area contributed by atoms with Crippen LogP contribution in [-0.2, 0) is 9.59 Å². The summed E-state index contributed by atoms with van der Waals surface area (Å²) in [5.74, 6) is 0.748. The van der Waals surface area contributed by atoms with Gasteiger partial charge in [0.1, 0.15) is 0 Å². The van der Waals surface area contributed by atoms with E-state index in [9.17, 15) is 9.59 Å². The van der Waals surface area contributed by atoms with E-state index in [1.165, 1.54) is 19.3 Å². The van der Waals surface area contributed by atoms with Crippen molar-refractivity contribution in [1.29, 1.82) is 0 Å². The lowest BCUT2D eigenvalue weighted by Gasteiger charge is -2.28. The largest absolute Gasteiger partial charge is 0.334 e. The van der Waals surface area contributed by atoms with Gasteiger partial charge in [0.25, 0.3) is 0 Å². The molecule has 0 radical (unpaired) electrons. The molecule has 2 heterocycles. The molecule has 18 heavy (non-hydrogen) atoms. The van der Waals surface area contributed by atoms with Gasteiger partial charge in [0.15, 0.2) is 0 Å². The molecular weight excluding hydrogens is 230 g/mol. The molecule has 5 nitrogen and oxygen atoms in total. The fourth-order valence-corrected chi connectivity index (χ4v) is 3.54. The summed E-state index contributed by atoms with van der Waals surface area (Å²) in [6.07, 6.45) is 3.76. The second-order valence-electron chi connectivity index (χ2n) is 5.70. The molecule has 2 atom stereocenters. The molecule has 3 rings (SSSR count). The summed E-state index contributed by atoms with van der Waals surface area (Å²) in [4.78, 5) is 27.8. The van der Waals surface area contributed by atoms with Gasteiger partial charge in [0.05, 0.1) is 0 Å². The van der Waals surface area contributed by atoms with E-state index >= 15 is 0 Å². The molecule has 0 aromatic heterocycles. The van der Waals surface area contributed by atoms with Gasteiger partial charge in [-0.1, -0.05) is 6.42 Å². The van der Waals surface area contributed by atoms with E-state index in [2.05, 4.69) is 5.32 Å². The standard InChI is InChI=1S/C13H21N3O2/c17-12(15-6-4-14-5-7-15)13(18)16-8-10-2-1-3-11(10)9-16/h10-11,14H,1-9H2. The first-order chi connectivity index (χ1) is 8.75. The van der Waals surface area contributed by atoms with Crippen LogP contribution in [-0.4, -0.2) is 60.9 Å². The van der Waals surface area contributed by atoms with Crippen LogP contribution in [0.4, 0.5) is 0 Å². The maximum atomic E-state index is 12.2. The maximum Gasteiger partial charge on any atom is 0.312 e. The molecule has 0 spiro atoms. The first-order valence-corrected chi connectivity index (χ1v) is 7.04. The topological polar surface area (TPSA) is 52.7 Å². The van der Waals surface area contributed by atoms with Crippen LogP contribution in [0.15, 0.2) is 0 Å². The highest BCUT2D eigenvalue weighted by molar-refractivity contribution is 6.35. The van der Waals surface area contributed by atoms with Crippen molar-refractivity contribution in [3.05, 3.63) is 0 Å². The van der Waals surface area contributed by atoms with E-state index in [0.717, 1.165) is 26.2 Å². The number of nitrogens with zero attached hydrogens (tertiary/aromatic N) is 2. The molecule has 0 aromatic rings. The van der Waals surface area contributed by atoms with Crippen molar-refractivity contribution in [2.24, 2.45) is 11.8 Å². The predicted octanol–water partition coefficient (Wildman–Crippen LogP) is -0.323. The van der Waals surface area contributed by atoms with Gasteiger partial charge < -0.3 is 15.1 Å². The Morgan fingerprint density at radius 3 is 2.06 bits per heavy atom. The molecule has 100 valence electrons. The Morgan fingerprint density at radius 1 is 0.889 bits per heavy atom. The number of piperazine rings is 1. The van der Waals surface area contributed by atoms with Crippen LogP contribution in [0.25, 0.3) is 0 Å². The Labute approximate surface area is 107 Å². The zero-order valence-corrected chi connectivity index (χ0v) is 10.7. The first kappa shape index (κ1) is 12.0. The summed E-state index contributed by atoms with van der Waals surface area (Å²) in [5, 5.41) is 3.19. The highest BCUT2D eigenvalue weighted by Crippen LogP contribution is 2.37. The molecule has 1 saturated carbocycles. The third-order valence-electron chi connectivity index (χ3n) is 4.60. The van der Waals surface area contributed by atoms with Gasteiger partial charge in [-0.3, -0.25) is 9.59 Å². The summed E-state index contributed by atoms with van der Waals surface area (Å²) in [6.45, 7) is 4.52. The molecule has 5 heteroatoms. The molecule has 1 N–H and O–H groups in total. The zero-order chi connectivity index (χ0) is 12.5. The van der Waals surface area contributed by atoms with E-state index in [0.29, 0.717) is 24.9 Å². The van der Waals surface area contributed by atoms with Crippen molar-refractivity contribution in [2.75, 3.05) is 39.3 Å². The molecule has 2 unspecified atom stereocenters. The number of hydrogen-bond donors (Lipinski definition) is 1. The molecule has 0 aromatic carbocycles. The molecule has 0 bridgehead atoms. The minimum atomic E-state index is -0.295. The molecule has 2 amide bonds. The number of nitrogens with one attached hydrogen (secondary N) is 1. The lowest BCUT2D eigenvalue weighted by atomic mass is 10.0. The van der Waals surface area contributed by atoms with Crippen LogP contribution in [0.2, 0.25) is 0 Å². The minimum absolute atomic E-state index is 0.272. The number of likely N-dealkylation sites (tertiary alicyclic amines) is 1. The summed E-state index contributed by atoms with van der Waals surface area (Å²) < 4.78 is 0.